The van der Waals surface area contributed by atoms with E-state index in [-0.39, 0.29) is 11.6 Å². The summed E-state index contributed by atoms with van der Waals surface area (Å²) >= 11 is 0. The number of rotatable bonds is 3. The van der Waals surface area contributed by atoms with Crippen LogP contribution in [0.15, 0.2) is 73.2 Å². The molecule has 0 aliphatic carbocycles. The molecule has 7 nitrogen and oxygen atoms in total. The minimum absolute atomic E-state index is 0.102. The summed E-state index contributed by atoms with van der Waals surface area (Å²) in [5.41, 5.74) is 5.84. The van der Waals surface area contributed by atoms with Crippen LogP contribution in [0.25, 0.3) is 55.8 Å². The molecule has 2 aromatic carbocycles. The number of aromatic nitrogens is 6. The lowest BCUT2D eigenvalue weighted by atomic mass is 10.0. The Hall–Kier alpha value is -4.59. The van der Waals surface area contributed by atoms with Gasteiger partial charge in [0.1, 0.15) is 22.8 Å². The largest absolute Gasteiger partial charge is 0.506 e. The Balaban J connectivity index is 1.51. The molecule has 0 radical (unpaired) electrons. The summed E-state index contributed by atoms with van der Waals surface area (Å²) < 4.78 is 13.8. The number of nitrogens with one attached hydrogen (secondary N) is 2. The standard InChI is InChI=1S/C24H15FN6O/c25-16-3-1-2-14(8-16)21-23-20(6-7-27-21)28-24(29-23)22-18-10-13(4-5-19(18)30-31-22)15-9-17(32)12-26-11-15/h1-12,32H,(H,28,29)(H,30,31). The van der Waals surface area contributed by atoms with Gasteiger partial charge in [0.15, 0.2) is 5.82 Å². The van der Waals surface area contributed by atoms with Gasteiger partial charge in [-0.1, -0.05) is 18.2 Å². The minimum atomic E-state index is -0.329. The van der Waals surface area contributed by atoms with Crippen molar-refractivity contribution in [3.63, 3.8) is 0 Å². The molecule has 6 rings (SSSR count). The molecule has 3 N–H and O–H groups in total. The van der Waals surface area contributed by atoms with Crippen LogP contribution in [0.2, 0.25) is 0 Å². The van der Waals surface area contributed by atoms with E-state index in [1.54, 1.807) is 30.6 Å². The number of pyridine rings is 2. The first-order valence-corrected chi connectivity index (χ1v) is 9.89. The van der Waals surface area contributed by atoms with Crippen LogP contribution in [0.5, 0.6) is 5.75 Å². The van der Waals surface area contributed by atoms with E-state index in [4.69, 9.17) is 4.98 Å². The molecular formula is C24H15FN6O. The predicted molar refractivity (Wildman–Crippen MR) is 119 cm³/mol. The fourth-order valence-electron chi connectivity index (χ4n) is 3.85. The highest BCUT2D eigenvalue weighted by Gasteiger charge is 2.16. The van der Waals surface area contributed by atoms with Crippen LogP contribution in [-0.2, 0) is 0 Å². The first kappa shape index (κ1) is 18.2. The van der Waals surface area contributed by atoms with Gasteiger partial charge < -0.3 is 10.1 Å². The number of halogens is 1. The number of H-pyrrole nitrogens is 2. The van der Waals surface area contributed by atoms with Gasteiger partial charge in [0, 0.05) is 28.9 Å². The van der Waals surface area contributed by atoms with Crippen molar-refractivity contribution >= 4 is 21.9 Å². The quantitative estimate of drug-likeness (QED) is 0.369. The van der Waals surface area contributed by atoms with Crippen molar-refractivity contribution in [2.75, 3.05) is 0 Å². The number of imidazole rings is 1. The second-order valence-electron chi connectivity index (χ2n) is 7.42. The van der Waals surface area contributed by atoms with Crippen molar-refractivity contribution in [3.05, 3.63) is 79.0 Å². The lowest BCUT2D eigenvalue weighted by Gasteiger charge is -2.02. The van der Waals surface area contributed by atoms with Crippen LogP contribution in [0.3, 0.4) is 0 Å². The number of hydrogen-bond acceptors (Lipinski definition) is 5. The van der Waals surface area contributed by atoms with Gasteiger partial charge in [-0.3, -0.25) is 15.1 Å². The third-order valence-electron chi connectivity index (χ3n) is 5.34. The molecule has 6 aromatic rings. The molecule has 0 fully saturated rings. The Morgan fingerprint density at radius 1 is 0.844 bits per heavy atom. The molecule has 4 aromatic heterocycles. The summed E-state index contributed by atoms with van der Waals surface area (Å²) in [5.74, 6) is 0.345. The lowest BCUT2D eigenvalue weighted by Crippen LogP contribution is -1.86. The molecule has 0 saturated carbocycles. The molecule has 0 saturated heterocycles. The number of aromatic hydroxyl groups is 1. The van der Waals surface area contributed by atoms with Crippen LogP contribution in [-0.4, -0.2) is 35.2 Å². The smallest absolute Gasteiger partial charge is 0.159 e. The maximum absolute atomic E-state index is 13.8. The number of benzene rings is 2. The fourth-order valence-corrected chi connectivity index (χ4v) is 3.85. The molecule has 32 heavy (non-hydrogen) atoms. The summed E-state index contributed by atoms with van der Waals surface area (Å²) in [7, 11) is 0. The van der Waals surface area contributed by atoms with Gasteiger partial charge in [0.2, 0.25) is 0 Å². The van der Waals surface area contributed by atoms with Gasteiger partial charge in [-0.15, -0.1) is 0 Å². The van der Waals surface area contributed by atoms with Crippen molar-refractivity contribution in [1.82, 2.24) is 30.1 Å². The minimum Gasteiger partial charge on any atom is -0.506 e. The first-order chi connectivity index (χ1) is 15.7. The highest BCUT2D eigenvalue weighted by Crippen LogP contribution is 2.32. The fraction of sp³-hybridized carbons (Fsp3) is 0. The second-order valence-corrected chi connectivity index (χ2v) is 7.42. The molecule has 0 spiro atoms. The Bertz CT molecular complexity index is 1620. The topological polar surface area (TPSA) is 103 Å². The van der Waals surface area contributed by atoms with Crippen molar-refractivity contribution in [3.8, 4) is 39.7 Å². The van der Waals surface area contributed by atoms with E-state index in [2.05, 4.69) is 25.1 Å². The summed E-state index contributed by atoms with van der Waals surface area (Å²) in [4.78, 5) is 16.5. The zero-order chi connectivity index (χ0) is 21.7. The molecule has 0 aliphatic heterocycles. The molecule has 0 amide bonds. The lowest BCUT2D eigenvalue weighted by molar-refractivity contribution is 0.473. The molecule has 4 heterocycles. The average Bonchev–Trinajstić information content (AvgIpc) is 3.42. The van der Waals surface area contributed by atoms with Crippen molar-refractivity contribution in [1.29, 1.82) is 0 Å². The van der Waals surface area contributed by atoms with E-state index in [1.807, 2.05) is 24.3 Å². The van der Waals surface area contributed by atoms with Crippen molar-refractivity contribution < 1.29 is 9.50 Å². The Kier molecular flexibility index (Phi) is 3.97. The predicted octanol–water partition coefficient (Wildman–Crippen LogP) is 5.07. The Morgan fingerprint density at radius 3 is 2.66 bits per heavy atom. The third-order valence-corrected chi connectivity index (χ3v) is 5.34. The number of fused-ring (bicyclic) bond motifs is 2. The molecule has 0 unspecified atom stereocenters. The second kappa shape index (κ2) is 6.98. The highest BCUT2D eigenvalue weighted by atomic mass is 19.1. The number of aromatic amines is 2. The number of hydrogen-bond donors (Lipinski definition) is 3. The van der Waals surface area contributed by atoms with Crippen molar-refractivity contribution in [2.24, 2.45) is 0 Å². The molecule has 154 valence electrons. The average molecular weight is 422 g/mol. The van der Waals surface area contributed by atoms with E-state index < -0.39 is 0 Å². The van der Waals surface area contributed by atoms with Gasteiger partial charge in [-0.2, -0.15) is 5.10 Å². The van der Waals surface area contributed by atoms with Crippen LogP contribution in [0, 0.1) is 5.82 Å². The zero-order valence-corrected chi connectivity index (χ0v) is 16.5. The first-order valence-electron chi connectivity index (χ1n) is 9.89. The van der Waals surface area contributed by atoms with E-state index in [0.717, 1.165) is 27.5 Å². The summed E-state index contributed by atoms with van der Waals surface area (Å²) in [6.07, 6.45) is 4.75. The van der Waals surface area contributed by atoms with Gasteiger partial charge in [0.05, 0.1) is 22.9 Å². The van der Waals surface area contributed by atoms with Gasteiger partial charge in [0.25, 0.3) is 0 Å². The molecule has 0 aliphatic rings. The maximum atomic E-state index is 13.8. The number of nitrogens with zero attached hydrogens (tertiary/aromatic N) is 4. The van der Waals surface area contributed by atoms with Crippen LogP contribution in [0.4, 0.5) is 4.39 Å². The van der Waals surface area contributed by atoms with Gasteiger partial charge in [-0.25, -0.2) is 9.37 Å². The molecule has 8 heteroatoms. The van der Waals surface area contributed by atoms with Gasteiger partial charge in [-0.05, 0) is 42.0 Å². The van der Waals surface area contributed by atoms with E-state index in [9.17, 15) is 9.50 Å². The zero-order valence-electron chi connectivity index (χ0n) is 16.5. The highest BCUT2D eigenvalue weighted by molar-refractivity contribution is 5.97. The maximum Gasteiger partial charge on any atom is 0.159 e. The van der Waals surface area contributed by atoms with E-state index in [1.165, 1.54) is 18.3 Å². The van der Waals surface area contributed by atoms with Crippen LogP contribution >= 0.6 is 0 Å². The molecular weight excluding hydrogens is 407 g/mol. The van der Waals surface area contributed by atoms with Crippen molar-refractivity contribution in [2.45, 2.75) is 0 Å². The molecule has 0 bridgehead atoms. The summed E-state index contributed by atoms with van der Waals surface area (Å²) in [6, 6.07) is 15.6. The third kappa shape index (κ3) is 2.97. The summed E-state index contributed by atoms with van der Waals surface area (Å²) in [5, 5.41) is 18.1. The normalized spacial score (nSPS) is 11.4. The Morgan fingerprint density at radius 2 is 1.78 bits per heavy atom. The SMILES string of the molecule is Oc1cncc(-c2ccc3[nH]nc(-c4nc5c(-c6cccc(F)c6)nccc5[nH]4)c3c2)c1. The van der Waals surface area contributed by atoms with Crippen LogP contribution < -0.4 is 0 Å². The molecule has 0 atom stereocenters. The van der Waals surface area contributed by atoms with E-state index in [0.29, 0.717) is 28.3 Å². The van der Waals surface area contributed by atoms with Crippen LogP contribution in [0.1, 0.15) is 0 Å². The van der Waals surface area contributed by atoms with Gasteiger partial charge >= 0.3 is 0 Å². The Labute approximate surface area is 180 Å². The summed E-state index contributed by atoms with van der Waals surface area (Å²) in [6.45, 7) is 0. The monoisotopic (exact) mass is 422 g/mol. The van der Waals surface area contributed by atoms with E-state index >= 15 is 0 Å².